The molecule has 0 saturated carbocycles. The van der Waals surface area contributed by atoms with Gasteiger partial charge in [-0.3, -0.25) is 0 Å². The van der Waals surface area contributed by atoms with Gasteiger partial charge in [-0.1, -0.05) is 82.5 Å². The van der Waals surface area contributed by atoms with Crippen molar-refractivity contribution < 1.29 is 0 Å². The lowest BCUT2D eigenvalue weighted by molar-refractivity contribution is 0.590. The molecular formula is C17H18Br2. The number of hydrogen-bond donors (Lipinski definition) is 0. The summed E-state index contributed by atoms with van der Waals surface area (Å²) in [6.45, 7) is 8.82. The van der Waals surface area contributed by atoms with Crippen molar-refractivity contribution in [1.29, 1.82) is 0 Å². The molecule has 0 aliphatic carbocycles. The van der Waals surface area contributed by atoms with E-state index in [1.54, 1.807) is 0 Å². The molecule has 0 aliphatic heterocycles. The Bertz CT molecular complexity index is 607. The average molecular weight is 382 g/mol. The summed E-state index contributed by atoms with van der Waals surface area (Å²) in [6, 6.07) is 13.1. The van der Waals surface area contributed by atoms with Gasteiger partial charge in [0.05, 0.1) is 0 Å². The molecule has 2 heteroatoms. The molecule has 19 heavy (non-hydrogen) atoms. The Morgan fingerprint density at radius 3 is 2.05 bits per heavy atom. The van der Waals surface area contributed by atoms with E-state index >= 15 is 0 Å². The molecule has 0 aromatic heterocycles. The highest BCUT2D eigenvalue weighted by Crippen LogP contribution is 2.36. The van der Waals surface area contributed by atoms with Gasteiger partial charge in [-0.25, -0.2) is 0 Å². The smallest absolute Gasteiger partial charge is 0.0257 e. The van der Waals surface area contributed by atoms with Crippen LogP contribution in [0.2, 0.25) is 0 Å². The van der Waals surface area contributed by atoms with Crippen molar-refractivity contribution in [2.24, 2.45) is 0 Å². The van der Waals surface area contributed by atoms with Crippen molar-refractivity contribution in [3.8, 4) is 11.1 Å². The molecule has 0 amide bonds. The summed E-state index contributed by atoms with van der Waals surface area (Å²) in [5.74, 6) is 0. The SMILES string of the molecule is Cc1ccc(Br)c(-c2ccc(C(C)(C)C)cc2Br)c1. The Labute approximate surface area is 132 Å². The summed E-state index contributed by atoms with van der Waals surface area (Å²) >= 11 is 7.35. The van der Waals surface area contributed by atoms with Crippen LogP contribution in [0.5, 0.6) is 0 Å². The van der Waals surface area contributed by atoms with E-state index < -0.39 is 0 Å². The zero-order valence-electron chi connectivity index (χ0n) is 11.7. The lowest BCUT2D eigenvalue weighted by Gasteiger charge is -2.20. The molecule has 0 nitrogen and oxygen atoms in total. The highest BCUT2D eigenvalue weighted by atomic mass is 79.9. The first kappa shape index (κ1) is 14.8. The van der Waals surface area contributed by atoms with Gasteiger partial charge in [0.25, 0.3) is 0 Å². The van der Waals surface area contributed by atoms with Gasteiger partial charge in [-0.15, -0.1) is 0 Å². The molecule has 0 saturated heterocycles. The zero-order chi connectivity index (χ0) is 14.2. The van der Waals surface area contributed by atoms with Crippen LogP contribution in [0.15, 0.2) is 45.3 Å². The molecule has 0 bridgehead atoms. The largest absolute Gasteiger partial charge is 0.0582 e. The van der Waals surface area contributed by atoms with Gasteiger partial charge >= 0.3 is 0 Å². The van der Waals surface area contributed by atoms with Crippen LogP contribution >= 0.6 is 31.9 Å². The minimum atomic E-state index is 0.172. The fourth-order valence-electron chi connectivity index (χ4n) is 2.05. The lowest BCUT2D eigenvalue weighted by Crippen LogP contribution is -2.10. The second-order valence-corrected chi connectivity index (χ2v) is 7.64. The molecule has 0 radical (unpaired) electrons. The van der Waals surface area contributed by atoms with Gasteiger partial charge < -0.3 is 0 Å². The van der Waals surface area contributed by atoms with Gasteiger partial charge in [0.2, 0.25) is 0 Å². The molecule has 2 rings (SSSR count). The third kappa shape index (κ3) is 3.29. The van der Waals surface area contributed by atoms with Gasteiger partial charge in [0.1, 0.15) is 0 Å². The van der Waals surface area contributed by atoms with Gasteiger partial charge in [0.15, 0.2) is 0 Å². The number of hydrogen-bond acceptors (Lipinski definition) is 0. The van der Waals surface area contributed by atoms with E-state index in [0.29, 0.717) is 0 Å². The van der Waals surface area contributed by atoms with E-state index in [0.717, 1.165) is 8.95 Å². The molecule has 0 heterocycles. The van der Waals surface area contributed by atoms with Crippen molar-refractivity contribution in [3.05, 3.63) is 56.5 Å². The van der Waals surface area contributed by atoms with E-state index in [2.05, 4.69) is 96.0 Å². The second kappa shape index (κ2) is 5.41. The highest BCUT2D eigenvalue weighted by molar-refractivity contribution is 9.11. The Kier molecular flexibility index (Phi) is 4.22. The number of halogens is 2. The summed E-state index contributed by atoms with van der Waals surface area (Å²) in [5, 5.41) is 0. The van der Waals surface area contributed by atoms with Crippen LogP contribution in [0.3, 0.4) is 0 Å². The molecule has 100 valence electrons. The molecule has 0 unspecified atom stereocenters. The van der Waals surface area contributed by atoms with Crippen LogP contribution in [0.25, 0.3) is 11.1 Å². The fraction of sp³-hybridized carbons (Fsp3) is 0.294. The first-order valence-corrected chi connectivity index (χ1v) is 7.94. The predicted molar refractivity (Wildman–Crippen MR) is 90.7 cm³/mol. The third-order valence-corrected chi connectivity index (χ3v) is 4.59. The Hall–Kier alpha value is -0.600. The summed E-state index contributed by atoms with van der Waals surface area (Å²) < 4.78 is 2.27. The van der Waals surface area contributed by atoms with E-state index in [9.17, 15) is 0 Å². The maximum atomic E-state index is 3.71. The van der Waals surface area contributed by atoms with Crippen LogP contribution in [0.1, 0.15) is 31.9 Å². The first-order chi connectivity index (χ1) is 8.79. The third-order valence-electron chi connectivity index (χ3n) is 3.25. The normalized spacial score (nSPS) is 11.7. The van der Waals surface area contributed by atoms with Crippen LogP contribution < -0.4 is 0 Å². The van der Waals surface area contributed by atoms with Crippen molar-refractivity contribution in [1.82, 2.24) is 0 Å². The van der Waals surface area contributed by atoms with E-state index in [4.69, 9.17) is 0 Å². The topological polar surface area (TPSA) is 0 Å². The van der Waals surface area contributed by atoms with Crippen LogP contribution in [0, 0.1) is 6.92 Å². The summed E-state index contributed by atoms with van der Waals surface area (Å²) in [4.78, 5) is 0. The number of aryl methyl sites for hydroxylation is 1. The minimum absolute atomic E-state index is 0.172. The fourth-order valence-corrected chi connectivity index (χ4v) is 3.10. The molecule has 0 aliphatic rings. The monoisotopic (exact) mass is 380 g/mol. The van der Waals surface area contributed by atoms with Crippen LogP contribution in [-0.2, 0) is 5.41 Å². The number of rotatable bonds is 1. The molecule has 0 spiro atoms. The van der Waals surface area contributed by atoms with Crippen molar-refractivity contribution >= 4 is 31.9 Å². The minimum Gasteiger partial charge on any atom is -0.0582 e. The lowest BCUT2D eigenvalue weighted by atomic mass is 9.86. The Morgan fingerprint density at radius 2 is 1.47 bits per heavy atom. The quantitative estimate of drug-likeness (QED) is 0.529. The standard InChI is InChI=1S/C17H18Br2/c1-11-5-8-15(18)14(9-11)13-7-6-12(10-16(13)19)17(2,3)4/h5-10H,1-4H3. The van der Waals surface area contributed by atoms with Gasteiger partial charge in [0, 0.05) is 8.95 Å². The van der Waals surface area contributed by atoms with Crippen molar-refractivity contribution in [3.63, 3.8) is 0 Å². The van der Waals surface area contributed by atoms with Gasteiger partial charge in [-0.05, 0) is 41.2 Å². The predicted octanol–water partition coefficient (Wildman–Crippen LogP) is 6.48. The average Bonchev–Trinajstić information content (AvgIpc) is 2.31. The molecule has 0 N–H and O–H groups in total. The summed E-state index contributed by atoms with van der Waals surface area (Å²) in [6.07, 6.45) is 0. The molecule has 0 fully saturated rings. The second-order valence-electron chi connectivity index (χ2n) is 5.93. The van der Waals surface area contributed by atoms with Crippen molar-refractivity contribution in [2.45, 2.75) is 33.1 Å². The molecule has 2 aromatic carbocycles. The molecule has 0 atom stereocenters. The summed E-state index contributed by atoms with van der Waals surface area (Å²) in [7, 11) is 0. The zero-order valence-corrected chi connectivity index (χ0v) is 14.9. The Balaban J connectivity index is 2.55. The van der Waals surface area contributed by atoms with Crippen LogP contribution in [0.4, 0.5) is 0 Å². The number of benzene rings is 2. The highest BCUT2D eigenvalue weighted by Gasteiger charge is 2.16. The maximum Gasteiger partial charge on any atom is 0.0257 e. The van der Waals surface area contributed by atoms with E-state index in [1.807, 2.05) is 0 Å². The first-order valence-electron chi connectivity index (χ1n) is 6.35. The molecule has 2 aromatic rings. The molecular weight excluding hydrogens is 364 g/mol. The van der Waals surface area contributed by atoms with Gasteiger partial charge in [-0.2, -0.15) is 0 Å². The Morgan fingerprint density at radius 1 is 0.789 bits per heavy atom. The van der Waals surface area contributed by atoms with Crippen LogP contribution in [-0.4, -0.2) is 0 Å². The maximum absolute atomic E-state index is 3.71. The van der Waals surface area contributed by atoms with E-state index in [-0.39, 0.29) is 5.41 Å². The van der Waals surface area contributed by atoms with E-state index in [1.165, 1.54) is 22.3 Å². The summed E-state index contributed by atoms with van der Waals surface area (Å²) in [5.41, 5.74) is 5.23. The van der Waals surface area contributed by atoms with Crippen molar-refractivity contribution in [2.75, 3.05) is 0 Å².